The van der Waals surface area contributed by atoms with Crippen molar-refractivity contribution in [1.29, 1.82) is 0 Å². The van der Waals surface area contributed by atoms with Crippen LogP contribution in [0.3, 0.4) is 0 Å². The fourth-order valence-electron chi connectivity index (χ4n) is 0. The van der Waals surface area contributed by atoms with Crippen molar-refractivity contribution in [3.8, 4) is 0 Å². The van der Waals surface area contributed by atoms with Gasteiger partial charge in [-0.3, -0.25) is 0 Å². The second kappa shape index (κ2) is 36.2. The van der Waals surface area contributed by atoms with Crippen LogP contribution in [0.5, 0.6) is 0 Å². The van der Waals surface area contributed by atoms with Gasteiger partial charge in [0.1, 0.15) is 0 Å². The summed E-state index contributed by atoms with van der Waals surface area (Å²) >= 11 is 0. The van der Waals surface area contributed by atoms with Gasteiger partial charge in [-0.25, -0.2) is 0 Å². The summed E-state index contributed by atoms with van der Waals surface area (Å²) in [5, 5.41) is 44.4. The molecule has 0 bridgehead atoms. The van der Waals surface area contributed by atoms with Gasteiger partial charge in [0.2, 0.25) is 0 Å². The molecule has 4 N–H and O–H groups in total. The van der Waals surface area contributed by atoms with E-state index in [0.717, 1.165) is 34.6 Å². The molecule has 0 rings (SSSR count). The lowest BCUT2D eigenvalue weighted by atomic mass is 10.9. The van der Waals surface area contributed by atoms with Gasteiger partial charge in [0.15, 0.2) is 0 Å². The number of carbonyl (C=O) groups excluding carboxylic acids is 5. The fourth-order valence-corrected chi connectivity index (χ4v) is 0. The first-order valence-corrected chi connectivity index (χ1v) is 4.54. The third-order valence-electron chi connectivity index (χ3n) is 0. The quantitative estimate of drug-likeness (QED) is 0.404. The minimum Gasteiger partial charge on any atom is -0.550 e. The van der Waals surface area contributed by atoms with Crippen molar-refractivity contribution in [1.82, 2.24) is 0 Å². The van der Waals surface area contributed by atoms with E-state index < -0.39 is 29.8 Å². The van der Waals surface area contributed by atoms with E-state index in [1.54, 1.807) is 0 Å². The minimum atomic E-state index is -1.08. The lowest BCUT2D eigenvalue weighted by Gasteiger charge is -1.77. The van der Waals surface area contributed by atoms with Gasteiger partial charge >= 0.3 is 0 Å². The average Bonchev–Trinajstić information content (AvgIpc) is 1.94. The Hall–Kier alpha value is -2.73. The summed E-state index contributed by atoms with van der Waals surface area (Å²) in [6, 6.07) is 0. The van der Waals surface area contributed by atoms with Gasteiger partial charge in [-0.1, -0.05) is 0 Å². The summed E-state index contributed by atoms with van der Waals surface area (Å²) in [6.45, 7) is 4.86. The smallest absolute Gasteiger partial charge is 0.0383 e. The van der Waals surface area contributed by atoms with E-state index in [2.05, 4.69) is 0 Å². The Morgan fingerprint density at radius 2 is 0.409 bits per heavy atom. The predicted molar refractivity (Wildman–Crippen MR) is 60.6 cm³/mol. The zero-order chi connectivity index (χ0) is 17.9. The standard InChI is InChI=1S/5C2H4O2.2H2O/c5*1-2(3)4;;/h5*1H3,(H,3,4);2*1H2/p-5. The first-order valence-electron chi connectivity index (χ1n) is 4.54. The van der Waals surface area contributed by atoms with Crippen LogP contribution >= 0.6 is 0 Å². The molecule has 0 aliphatic heterocycles. The number of rotatable bonds is 0. The van der Waals surface area contributed by atoms with Crippen molar-refractivity contribution < 1.29 is 60.5 Å². The molecule has 22 heavy (non-hydrogen) atoms. The maximum absolute atomic E-state index is 8.89. The Kier molecular flexibility index (Phi) is 70.3. The highest BCUT2D eigenvalue weighted by atomic mass is 16.4. The first kappa shape index (κ1) is 42.7. The lowest BCUT2D eigenvalue weighted by molar-refractivity contribution is -0.303. The van der Waals surface area contributed by atoms with E-state index in [1.165, 1.54) is 0 Å². The molecule has 0 amide bonds. The number of hydrogen-bond acceptors (Lipinski definition) is 10. The number of hydrogen-bond donors (Lipinski definition) is 0. The topological polar surface area (TPSA) is 264 Å². The van der Waals surface area contributed by atoms with E-state index in [4.69, 9.17) is 49.5 Å². The van der Waals surface area contributed by atoms with Gasteiger partial charge in [-0.15, -0.1) is 0 Å². The fraction of sp³-hybridized carbons (Fsp3) is 0.500. The van der Waals surface area contributed by atoms with Crippen molar-refractivity contribution in [2.75, 3.05) is 0 Å². The first-order chi connectivity index (χ1) is 8.66. The molecule has 0 atom stereocenters. The molecule has 0 unspecified atom stereocenters. The van der Waals surface area contributed by atoms with E-state index in [1.807, 2.05) is 0 Å². The molecule has 136 valence electrons. The van der Waals surface area contributed by atoms with Crippen LogP contribution in [0, 0.1) is 0 Å². The molecular weight excluding hydrogens is 312 g/mol. The SMILES string of the molecule is CC(=O)[O-].CC(=O)[O-].CC(=O)[O-].CC(=O)[O-].CC(=O)[O-].O.O. The van der Waals surface area contributed by atoms with Gasteiger partial charge in [0, 0.05) is 29.8 Å². The zero-order valence-corrected chi connectivity index (χ0v) is 12.6. The van der Waals surface area contributed by atoms with Crippen LogP contribution in [0.25, 0.3) is 0 Å². The summed E-state index contributed by atoms with van der Waals surface area (Å²) in [7, 11) is 0. The van der Waals surface area contributed by atoms with Gasteiger partial charge < -0.3 is 60.5 Å². The molecule has 0 aromatic carbocycles. The Morgan fingerprint density at radius 1 is 0.409 bits per heavy atom. The van der Waals surface area contributed by atoms with Crippen LogP contribution in [0.2, 0.25) is 0 Å². The molecule has 0 saturated heterocycles. The average molecular weight is 331 g/mol. The predicted octanol–water partition coefficient (Wildman–Crippen LogP) is -7.87. The molecular formula is C10H19O12-5. The van der Waals surface area contributed by atoms with Crippen LogP contribution < -0.4 is 25.5 Å². The molecule has 0 saturated carbocycles. The lowest BCUT2D eigenvalue weighted by Crippen LogP contribution is -2.16. The Bertz CT molecular complexity index is 207. The molecule has 0 spiro atoms. The largest absolute Gasteiger partial charge is 0.550 e. The number of carbonyl (C=O) groups is 5. The van der Waals surface area contributed by atoms with Crippen molar-refractivity contribution in [2.24, 2.45) is 0 Å². The zero-order valence-electron chi connectivity index (χ0n) is 12.6. The van der Waals surface area contributed by atoms with Crippen molar-refractivity contribution >= 4 is 29.8 Å². The monoisotopic (exact) mass is 331 g/mol. The molecule has 12 heteroatoms. The summed E-state index contributed by atoms with van der Waals surface area (Å²) in [5.41, 5.74) is 0. The van der Waals surface area contributed by atoms with Crippen LogP contribution in [0.4, 0.5) is 0 Å². The minimum absolute atomic E-state index is 0. The molecule has 12 nitrogen and oxygen atoms in total. The molecule has 0 aliphatic carbocycles. The van der Waals surface area contributed by atoms with E-state index in [-0.39, 0.29) is 11.0 Å². The van der Waals surface area contributed by atoms with Crippen LogP contribution in [0.15, 0.2) is 0 Å². The van der Waals surface area contributed by atoms with Gasteiger partial charge in [-0.05, 0) is 34.6 Å². The Morgan fingerprint density at radius 3 is 0.409 bits per heavy atom. The molecule has 0 aliphatic rings. The highest BCUT2D eigenvalue weighted by Gasteiger charge is 1.47. The van der Waals surface area contributed by atoms with E-state index in [9.17, 15) is 0 Å². The third-order valence-corrected chi connectivity index (χ3v) is 0. The van der Waals surface area contributed by atoms with E-state index >= 15 is 0 Å². The summed E-state index contributed by atoms with van der Waals surface area (Å²) < 4.78 is 0. The van der Waals surface area contributed by atoms with Crippen molar-refractivity contribution in [3.05, 3.63) is 0 Å². The molecule has 0 aromatic rings. The Balaban J connectivity index is -0.0000000250. The van der Waals surface area contributed by atoms with Gasteiger partial charge in [-0.2, -0.15) is 0 Å². The maximum Gasteiger partial charge on any atom is 0.0383 e. The van der Waals surface area contributed by atoms with E-state index in [0.29, 0.717) is 0 Å². The summed E-state index contributed by atoms with van der Waals surface area (Å²) in [4.78, 5) is 44.4. The second-order valence-corrected chi connectivity index (χ2v) is 2.46. The summed E-state index contributed by atoms with van der Waals surface area (Å²) in [6.07, 6.45) is 0. The maximum atomic E-state index is 8.89. The Labute approximate surface area is 126 Å². The van der Waals surface area contributed by atoms with Crippen molar-refractivity contribution in [2.45, 2.75) is 34.6 Å². The van der Waals surface area contributed by atoms with Crippen LogP contribution in [-0.4, -0.2) is 40.8 Å². The van der Waals surface area contributed by atoms with Crippen LogP contribution in [0.1, 0.15) is 34.6 Å². The number of aliphatic carboxylic acids is 5. The summed E-state index contributed by atoms with van der Waals surface area (Å²) in [5.74, 6) is -5.42. The highest BCUT2D eigenvalue weighted by molar-refractivity contribution is 5.61. The normalized spacial score (nSPS) is 5.68. The van der Waals surface area contributed by atoms with Gasteiger partial charge in [0.25, 0.3) is 0 Å². The third kappa shape index (κ3) is 613. The van der Waals surface area contributed by atoms with Crippen molar-refractivity contribution in [3.63, 3.8) is 0 Å². The molecule has 0 heterocycles. The molecule has 0 aromatic heterocycles. The van der Waals surface area contributed by atoms with Crippen LogP contribution in [-0.2, 0) is 24.0 Å². The molecule has 0 radical (unpaired) electrons. The number of carboxylic acid groups (broad SMARTS) is 5. The molecule has 0 fully saturated rings. The number of carboxylic acids is 5. The highest BCUT2D eigenvalue weighted by Crippen LogP contribution is 1.32. The second-order valence-electron chi connectivity index (χ2n) is 2.46. The van der Waals surface area contributed by atoms with Gasteiger partial charge in [0.05, 0.1) is 0 Å².